The normalized spacial score (nSPS) is 12.1. The van der Waals surface area contributed by atoms with Gasteiger partial charge >= 0.3 is 5.97 Å². The van der Waals surface area contributed by atoms with Gasteiger partial charge in [-0.15, -0.1) is 0 Å². The van der Waals surface area contributed by atoms with E-state index >= 15 is 0 Å². The summed E-state index contributed by atoms with van der Waals surface area (Å²) in [5, 5.41) is 18.8. The number of nitriles is 1. The number of aromatic hydroxyl groups is 1. The second-order valence-corrected chi connectivity index (χ2v) is 4.78. The summed E-state index contributed by atoms with van der Waals surface area (Å²) >= 11 is 0. The molecule has 1 N–H and O–H groups in total. The number of benzene rings is 1. The van der Waals surface area contributed by atoms with Gasteiger partial charge in [-0.3, -0.25) is 14.4 Å². The number of ether oxygens (including phenoxy) is 1. The zero-order chi connectivity index (χ0) is 17.4. The minimum Gasteiger partial charge on any atom is -0.507 e. The van der Waals surface area contributed by atoms with Gasteiger partial charge in [-0.2, -0.15) is 5.26 Å². The Hall–Kier alpha value is -2.94. The van der Waals surface area contributed by atoms with Crippen LogP contribution < -0.4 is 0 Å². The molecule has 1 rings (SSSR count). The van der Waals surface area contributed by atoms with Crippen LogP contribution in [0.2, 0.25) is 0 Å². The van der Waals surface area contributed by atoms with Crippen molar-refractivity contribution in [2.45, 2.75) is 20.3 Å². The van der Waals surface area contributed by atoms with Crippen molar-refractivity contribution < 1.29 is 24.2 Å². The van der Waals surface area contributed by atoms with Crippen molar-refractivity contribution >= 4 is 17.5 Å². The number of rotatable bonds is 7. The molecule has 0 saturated heterocycles. The number of carbonyl (C=O) groups excluding carboxylic acids is 3. The number of para-hydroxylation sites is 1. The maximum absolute atomic E-state index is 12.2. The number of hydrogen-bond acceptors (Lipinski definition) is 6. The molecule has 6 heteroatoms. The molecule has 1 aromatic rings. The fourth-order valence-corrected chi connectivity index (χ4v) is 1.83. The molecule has 23 heavy (non-hydrogen) atoms. The summed E-state index contributed by atoms with van der Waals surface area (Å²) in [6.07, 6.45) is 0.769. The summed E-state index contributed by atoms with van der Waals surface area (Å²) in [4.78, 5) is 35.4. The van der Waals surface area contributed by atoms with E-state index in [9.17, 15) is 19.5 Å². The van der Waals surface area contributed by atoms with E-state index < -0.39 is 29.9 Å². The molecule has 0 amide bonds. The summed E-state index contributed by atoms with van der Waals surface area (Å²) in [6.45, 7) is 3.28. The van der Waals surface area contributed by atoms with Crippen LogP contribution in [-0.4, -0.2) is 29.2 Å². The highest BCUT2D eigenvalue weighted by molar-refractivity contribution is 6.13. The van der Waals surface area contributed by atoms with Crippen molar-refractivity contribution in [2.24, 2.45) is 5.92 Å². The summed E-state index contributed by atoms with van der Waals surface area (Å²) < 4.78 is 4.68. The first kappa shape index (κ1) is 18.1. The van der Waals surface area contributed by atoms with Gasteiger partial charge in [0.25, 0.3) is 0 Å². The second-order valence-electron chi connectivity index (χ2n) is 4.78. The van der Waals surface area contributed by atoms with Gasteiger partial charge in [0.05, 0.1) is 17.7 Å². The van der Waals surface area contributed by atoms with Gasteiger partial charge < -0.3 is 9.84 Å². The van der Waals surface area contributed by atoms with Crippen molar-refractivity contribution in [3.8, 4) is 11.8 Å². The lowest BCUT2D eigenvalue weighted by Gasteiger charge is -2.07. The van der Waals surface area contributed by atoms with Crippen molar-refractivity contribution in [1.82, 2.24) is 0 Å². The molecular formula is C17H17NO5. The number of phenolic OH excluding ortho intramolecular Hbond substituents is 1. The molecule has 1 atom stereocenters. The van der Waals surface area contributed by atoms with Gasteiger partial charge in [0.15, 0.2) is 5.78 Å². The van der Waals surface area contributed by atoms with Crippen LogP contribution in [0.25, 0.3) is 0 Å². The molecule has 6 nitrogen and oxygen atoms in total. The first-order chi connectivity index (χ1) is 10.9. The molecule has 0 bridgehead atoms. The van der Waals surface area contributed by atoms with Gasteiger partial charge in [0.1, 0.15) is 18.2 Å². The van der Waals surface area contributed by atoms with Crippen LogP contribution in [0.1, 0.15) is 30.6 Å². The number of ketones is 2. The molecule has 0 aliphatic heterocycles. The standard InChI is InChI=1S/C17H17NO5/c1-3-23-16(21)9-15(20)11(2)8-12(10-18)17(22)13-6-4-5-7-14(13)19/h4-8,11,19H,3,9H2,1-2H3/b12-8+. The maximum atomic E-state index is 12.2. The quantitative estimate of drug-likeness (QED) is 0.272. The maximum Gasteiger partial charge on any atom is 0.313 e. The van der Waals surface area contributed by atoms with Crippen LogP contribution in [0.5, 0.6) is 5.75 Å². The van der Waals surface area contributed by atoms with Gasteiger partial charge in [-0.05, 0) is 19.1 Å². The number of allylic oxidation sites excluding steroid dienone is 2. The predicted octanol–water partition coefficient (Wildman–Crippen LogP) is 2.18. The molecule has 1 unspecified atom stereocenters. The van der Waals surface area contributed by atoms with Gasteiger partial charge in [0.2, 0.25) is 5.78 Å². The van der Waals surface area contributed by atoms with E-state index in [1.54, 1.807) is 25.1 Å². The molecule has 120 valence electrons. The molecule has 1 aromatic carbocycles. The average molecular weight is 315 g/mol. The van der Waals surface area contributed by atoms with Crippen LogP contribution in [0.3, 0.4) is 0 Å². The highest BCUT2D eigenvalue weighted by Gasteiger charge is 2.20. The lowest BCUT2D eigenvalue weighted by Crippen LogP contribution is -2.17. The van der Waals surface area contributed by atoms with Crippen molar-refractivity contribution in [3.05, 3.63) is 41.5 Å². The van der Waals surface area contributed by atoms with E-state index in [0.29, 0.717) is 0 Å². The van der Waals surface area contributed by atoms with Crippen LogP contribution in [0.15, 0.2) is 35.9 Å². The third kappa shape index (κ3) is 5.08. The Kier molecular flexibility index (Phi) is 6.68. The van der Waals surface area contributed by atoms with Gasteiger partial charge in [-0.1, -0.05) is 25.1 Å². The Morgan fingerprint density at radius 3 is 2.57 bits per heavy atom. The van der Waals surface area contributed by atoms with Crippen molar-refractivity contribution in [2.75, 3.05) is 6.61 Å². The largest absolute Gasteiger partial charge is 0.507 e. The van der Waals surface area contributed by atoms with E-state index in [2.05, 4.69) is 4.74 Å². The minimum absolute atomic E-state index is 0.0228. The first-order valence-corrected chi connectivity index (χ1v) is 7.03. The van der Waals surface area contributed by atoms with E-state index in [-0.39, 0.29) is 23.5 Å². The van der Waals surface area contributed by atoms with Crippen LogP contribution in [-0.2, 0) is 14.3 Å². The van der Waals surface area contributed by atoms with Gasteiger partial charge in [-0.25, -0.2) is 0 Å². The molecule has 0 aliphatic carbocycles. The number of esters is 1. The topological polar surface area (TPSA) is 104 Å². The predicted molar refractivity (Wildman–Crippen MR) is 81.6 cm³/mol. The first-order valence-electron chi connectivity index (χ1n) is 7.03. The highest BCUT2D eigenvalue weighted by Crippen LogP contribution is 2.20. The molecular weight excluding hydrogens is 298 g/mol. The smallest absolute Gasteiger partial charge is 0.313 e. The summed E-state index contributed by atoms with van der Waals surface area (Å²) in [5.74, 6) is -2.83. The van der Waals surface area contributed by atoms with Crippen molar-refractivity contribution in [1.29, 1.82) is 5.26 Å². The fraction of sp³-hybridized carbons (Fsp3) is 0.294. The third-order valence-electron chi connectivity index (χ3n) is 3.06. The Balaban J connectivity index is 2.92. The van der Waals surface area contributed by atoms with E-state index in [0.717, 1.165) is 0 Å². The van der Waals surface area contributed by atoms with E-state index in [1.165, 1.54) is 25.1 Å². The van der Waals surface area contributed by atoms with Crippen molar-refractivity contribution in [3.63, 3.8) is 0 Å². The Morgan fingerprint density at radius 2 is 2.00 bits per heavy atom. The monoisotopic (exact) mass is 315 g/mol. The second kappa shape index (κ2) is 8.49. The highest BCUT2D eigenvalue weighted by atomic mass is 16.5. The Labute approximate surface area is 134 Å². The fourth-order valence-electron chi connectivity index (χ4n) is 1.83. The third-order valence-corrected chi connectivity index (χ3v) is 3.06. The number of hydrogen-bond donors (Lipinski definition) is 1. The van der Waals surface area contributed by atoms with Crippen LogP contribution in [0, 0.1) is 17.2 Å². The summed E-state index contributed by atoms with van der Waals surface area (Å²) in [6, 6.07) is 7.54. The van der Waals surface area contributed by atoms with Crippen LogP contribution >= 0.6 is 0 Å². The molecule has 0 radical (unpaired) electrons. The van der Waals surface area contributed by atoms with Gasteiger partial charge in [0, 0.05) is 5.92 Å². The number of Topliss-reactive ketones (excluding diaryl/α,β-unsaturated/α-hetero) is 2. The SMILES string of the molecule is CCOC(=O)CC(=O)C(C)/C=C(\C#N)C(=O)c1ccccc1O. The molecule has 0 spiro atoms. The van der Waals surface area contributed by atoms with E-state index in [1.807, 2.05) is 0 Å². The summed E-state index contributed by atoms with van der Waals surface area (Å²) in [5.41, 5.74) is -0.290. The zero-order valence-corrected chi connectivity index (χ0v) is 12.9. The number of phenols is 1. The minimum atomic E-state index is -0.802. The Bertz CT molecular complexity index is 684. The molecule has 0 aromatic heterocycles. The van der Waals surface area contributed by atoms with Crippen LogP contribution in [0.4, 0.5) is 0 Å². The molecule has 0 heterocycles. The number of nitrogens with zero attached hydrogens (tertiary/aromatic N) is 1. The lowest BCUT2D eigenvalue weighted by atomic mass is 9.96. The molecule has 0 saturated carbocycles. The molecule has 0 aliphatic rings. The Morgan fingerprint density at radius 1 is 1.35 bits per heavy atom. The average Bonchev–Trinajstić information content (AvgIpc) is 2.52. The number of carbonyl (C=O) groups is 3. The van der Waals surface area contributed by atoms with E-state index in [4.69, 9.17) is 5.26 Å². The summed E-state index contributed by atoms with van der Waals surface area (Å²) in [7, 11) is 0. The zero-order valence-electron chi connectivity index (χ0n) is 12.9. The molecule has 0 fully saturated rings. The lowest BCUT2D eigenvalue weighted by molar-refractivity contribution is -0.145.